The lowest BCUT2D eigenvalue weighted by molar-refractivity contribution is -0.128. The van der Waals surface area contributed by atoms with Crippen LogP contribution < -0.4 is 16.2 Å². The van der Waals surface area contributed by atoms with Crippen molar-refractivity contribution in [2.24, 2.45) is 5.92 Å². The highest BCUT2D eigenvalue weighted by atomic mass is 79.9. The van der Waals surface area contributed by atoms with Crippen molar-refractivity contribution in [1.29, 1.82) is 0 Å². The average molecular weight is 340 g/mol. The van der Waals surface area contributed by atoms with E-state index in [-0.39, 0.29) is 30.6 Å². The van der Waals surface area contributed by atoms with Gasteiger partial charge >= 0.3 is 0 Å². The second-order valence-electron chi connectivity index (χ2n) is 4.58. The summed E-state index contributed by atoms with van der Waals surface area (Å²) in [6, 6.07) is 5.49. The van der Waals surface area contributed by atoms with E-state index < -0.39 is 5.92 Å². The van der Waals surface area contributed by atoms with Gasteiger partial charge in [-0.05, 0) is 31.0 Å². The molecule has 6 nitrogen and oxygen atoms in total. The number of nitrogens with one attached hydrogen (secondary N) is 3. The summed E-state index contributed by atoms with van der Waals surface area (Å²) in [5.41, 5.74) is 6.21. The van der Waals surface area contributed by atoms with Gasteiger partial charge in [0.1, 0.15) is 5.92 Å². The predicted octanol–water partition coefficient (Wildman–Crippen LogP) is 1.25. The first-order chi connectivity index (χ1) is 9.47. The monoisotopic (exact) mass is 339 g/mol. The molecule has 106 valence electrons. The molecule has 1 saturated heterocycles. The molecular weight excluding hydrogens is 326 g/mol. The van der Waals surface area contributed by atoms with E-state index >= 15 is 0 Å². The molecule has 3 N–H and O–H groups in total. The Morgan fingerprint density at radius 1 is 1.30 bits per heavy atom. The van der Waals surface area contributed by atoms with Gasteiger partial charge in [0.15, 0.2) is 0 Å². The number of carbonyl (C=O) groups is 3. The molecule has 0 unspecified atom stereocenters. The molecular formula is C13H14BrN3O3. The molecule has 2 rings (SSSR count). The van der Waals surface area contributed by atoms with Gasteiger partial charge in [0.05, 0.1) is 0 Å². The van der Waals surface area contributed by atoms with Gasteiger partial charge in [-0.1, -0.05) is 22.0 Å². The molecule has 3 amide bonds. The van der Waals surface area contributed by atoms with E-state index in [0.717, 1.165) is 10.0 Å². The minimum Gasteiger partial charge on any atom is -0.326 e. The average Bonchev–Trinajstić information content (AvgIpc) is 2.71. The molecule has 0 spiro atoms. The zero-order valence-electron chi connectivity index (χ0n) is 10.8. The third-order valence-electron chi connectivity index (χ3n) is 3.06. The lowest BCUT2D eigenvalue weighted by atomic mass is 10.0. The summed E-state index contributed by atoms with van der Waals surface area (Å²) < 4.78 is 0.907. The van der Waals surface area contributed by atoms with Crippen LogP contribution in [0.2, 0.25) is 0 Å². The van der Waals surface area contributed by atoms with Crippen molar-refractivity contribution < 1.29 is 14.4 Å². The molecule has 0 radical (unpaired) electrons. The highest BCUT2D eigenvalue weighted by molar-refractivity contribution is 9.10. The van der Waals surface area contributed by atoms with Crippen LogP contribution in [0, 0.1) is 12.8 Å². The third kappa shape index (κ3) is 3.36. The van der Waals surface area contributed by atoms with Crippen LogP contribution in [-0.4, -0.2) is 17.7 Å². The van der Waals surface area contributed by atoms with Crippen molar-refractivity contribution in [3.63, 3.8) is 0 Å². The van der Waals surface area contributed by atoms with Gasteiger partial charge in [-0.15, -0.1) is 0 Å². The Labute approximate surface area is 124 Å². The maximum absolute atomic E-state index is 11.8. The summed E-state index contributed by atoms with van der Waals surface area (Å²) in [4.78, 5) is 34.4. The van der Waals surface area contributed by atoms with Gasteiger partial charge in [-0.3, -0.25) is 25.2 Å². The number of rotatable bonds is 4. The number of aryl methyl sites for hydroxylation is 1. The topological polar surface area (TPSA) is 87.3 Å². The normalized spacial score (nSPS) is 14.9. The van der Waals surface area contributed by atoms with E-state index in [1.54, 1.807) is 6.07 Å². The zero-order chi connectivity index (χ0) is 14.7. The van der Waals surface area contributed by atoms with Crippen molar-refractivity contribution in [3.05, 3.63) is 28.2 Å². The first-order valence-electron chi connectivity index (χ1n) is 6.13. The number of hydrazine groups is 1. The van der Waals surface area contributed by atoms with Gasteiger partial charge in [-0.25, -0.2) is 0 Å². The van der Waals surface area contributed by atoms with Crippen molar-refractivity contribution in [2.45, 2.75) is 19.8 Å². The fraction of sp³-hybridized carbons (Fsp3) is 0.308. The molecule has 1 fully saturated rings. The summed E-state index contributed by atoms with van der Waals surface area (Å²) in [6.07, 6.45) is 0.299. The van der Waals surface area contributed by atoms with Crippen molar-refractivity contribution >= 4 is 39.3 Å². The number of amides is 3. The van der Waals surface area contributed by atoms with E-state index in [1.165, 1.54) is 0 Å². The molecule has 0 aliphatic carbocycles. The highest BCUT2D eigenvalue weighted by Gasteiger charge is 2.32. The number of anilines is 1. The summed E-state index contributed by atoms with van der Waals surface area (Å²) in [5, 5.41) is 2.73. The van der Waals surface area contributed by atoms with E-state index in [0.29, 0.717) is 5.69 Å². The van der Waals surface area contributed by atoms with Gasteiger partial charge < -0.3 is 5.32 Å². The van der Waals surface area contributed by atoms with Gasteiger partial charge in [-0.2, -0.15) is 0 Å². The number of hydrogen-bond donors (Lipinski definition) is 3. The molecule has 0 saturated carbocycles. The van der Waals surface area contributed by atoms with Gasteiger partial charge in [0.25, 0.3) is 11.8 Å². The molecule has 0 aromatic heterocycles. The van der Waals surface area contributed by atoms with E-state index in [1.807, 2.05) is 19.1 Å². The predicted molar refractivity (Wildman–Crippen MR) is 76.5 cm³/mol. The van der Waals surface area contributed by atoms with Crippen molar-refractivity contribution in [2.75, 3.05) is 5.32 Å². The minimum absolute atomic E-state index is 0.108. The van der Waals surface area contributed by atoms with Gasteiger partial charge in [0.2, 0.25) is 5.91 Å². The third-order valence-corrected chi connectivity index (χ3v) is 3.91. The standard InChI is InChI=1S/C13H14BrN3O3/c1-7-2-3-8(6-10(7)14)15-11(18)5-4-9-12(19)16-17-13(9)20/h2-3,6,9H,4-5H2,1H3,(H,15,18)(H,16,19)(H,17,20). The Morgan fingerprint density at radius 2 is 1.95 bits per heavy atom. The molecule has 1 aromatic rings. The first kappa shape index (κ1) is 14.5. The van der Waals surface area contributed by atoms with E-state index in [4.69, 9.17) is 0 Å². The smallest absolute Gasteiger partial charge is 0.251 e. The van der Waals surface area contributed by atoms with E-state index in [2.05, 4.69) is 32.1 Å². The number of hydrogen-bond acceptors (Lipinski definition) is 3. The minimum atomic E-state index is -0.787. The SMILES string of the molecule is Cc1ccc(NC(=O)CCC2C(=O)NNC2=O)cc1Br. The lowest BCUT2D eigenvalue weighted by Crippen LogP contribution is -2.28. The molecule has 1 aliphatic rings. The van der Waals surface area contributed by atoms with Crippen LogP contribution in [0.4, 0.5) is 5.69 Å². The zero-order valence-corrected chi connectivity index (χ0v) is 12.4. The van der Waals surface area contributed by atoms with Crippen LogP contribution >= 0.6 is 15.9 Å². The first-order valence-corrected chi connectivity index (χ1v) is 6.92. The van der Waals surface area contributed by atoms with Gasteiger partial charge in [0, 0.05) is 16.6 Å². The summed E-state index contributed by atoms with van der Waals surface area (Å²) in [7, 11) is 0. The van der Waals surface area contributed by atoms with Crippen molar-refractivity contribution in [1.82, 2.24) is 10.9 Å². The van der Waals surface area contributed by atoms with Crippen LogP contribution in [0.15, 0.2) is 22.7 Å². The Kier molecular flexibility index (Phi) is 4.39. The second-order valence-corrected chi connectivity index (χ2v) is 5.44. The van der Waals surface area contributed by atoms with E-state index in [9.17, 15) is 14.4 Å². The van der Waals surface area contributed by atoms with Crippen LogP contribution in [-0.2, 0) is 14.4 Å². The largest absolute Gasteiger partial charge is 0.326 e. The Balaban J connectivity index is 1.88. The molecule has 7 heteroatoms. The van der Waals surface area contributed by atoms with Crippen LogP contribution in [0.1, 0.15) is 18.4 Å². The fourth-order valence-electron chi connectivity index (χ4n) is 1.85. The summed E-state index contributed by atoms with van der Waals surface area (Å²) in [6.45, 7) is 1.95. The molecule has 1 aliphatic heterocycles. The highest BCUT2D eigenvalue weighted by Crippen LogP contribution is 2.21. The van der Waals surface area contributed by atoms with Crippen LogP contribution in [0.3, 0.4) is 0 Å². The van der Waals surface area contributed by atoms with Crippen LogP contribution in [0.25, 0.3) is 0 Å². The quantitative estimate of drug-likeness (QED) is 0.721. The molecule has 1 aromatic carbocycles. The Morgan fingerprint density at radius 3 is 2.55 bits per heavy atom. The number of benzene rings is 1. The maximum Gasteiger partial charge on any atom is 0.251 e. The molecule has 0 atom stereocenters. The Bertz CT molecular complexity index is 558. The molecule has 0 bridgehead atoms. The summed E-state index contributed by atoms with van der Waals surface area (Å²) in [5.74, 6) is -1.79. The lowest BCUT2D eigenvalue weighted by Gasteiger charge is -2.08. The molecule has 1 heterocycles. The second kappa shape index (κ2) is 6.04. The fourth-order valence-corrected chi connectivity index (χ4v) is 2.23. The molecule has 20 heavy (non-hydrogen) atoms. The number of carbonyl (C=O) groups excluding carboxylic acids is 3. The van der Waals surface area contributed by atoms with Crippen molar-refractivity contribution in [3.8, 4) is 0 Å². The number of halogens is 1. The maximum atomic E-state index is 11.8. The van der Waals surface area contributed by atoms with Crippen LogP contribution in [0.5, 0.6) is 0 Å². The Hall–Kier alpha value is -1.89. The summed E-state index contributed by atoms with van der Waals surface area (Å²) >= 11 is 3.39.